The van der Waals surface area contributed by atoms with E-state index in [0.29, 0.717) is 43.5 Å². The van der Waals surface area contributed by atoms with Gasteiger partial charge in [0.05, 0.1) is 25.4 Å². The average Bonchev–Trinajstić information content (AvgIpc) is 3.34. The first-order valence-corrected chi connectivity index (χ1v) is 14.7. The number of carbonyl (C=O) groups is 1. The lowest BCUT2D eigenvalue weighted by atomic mass is 9.80. The van der Waals surface area contributed by atoms with Crippen LogP contribution in [0.25, 0.3) is 0 Å². The highest BCUT2D eigenvalue weighted by Crippen LogP contribution is 2.32. The third-order valence-corrected chi connectivity index (χ3v) is 8.25. The fraction of sp³-hybridized carbons (Fsp3) is 0.774. The largest absolute Gasteiger partial charge is 0.493 e. The molecule has 8 nitrogen and oxygen atoms in total. The Bertz CT molecular complexity index is 855. The summed E-state index contributed by atoms with van der Waals surface area (Å²) in [5.41, 5.74) is 6.87. The van der Waals surface area contributed by atoms with Crippen molar-refractivity contribution in [2.45, 2.75) is 96.8 Å². The van der Waals surface area contributed by atoms with E-state index in [4.69, 9.17) is 19.9 Å². The number of aliphatic hydroxyl groups excluding tert-OH is 1. The summed E-state index contributed by atoms with van der Waals surface area (Å²) in [4.78, 5) is 13.0. The van der Waals surface area contributed by atoms with Gasteiger partial charge in [-0.25, -0.2) is 0 Å². The first kappa shape index (κ1) is 33.3. The highest BCUT2D eigenvalue weighted by atomic mass is 16.5. The average molecular weight is 551 g/mol. The van der Waals surface area contributed by atoms with Crippen LogP contribution in [0.2, 0.25) is 0 Å². The molecule has 1 aliphatic carbocycles. The lowest BCUT2D eigenvalue weighted by Gasteiger charge is -2.31. The highest BCUT2D eigenvalue weighted by molar-refractivity contribution is 5.79. The van der Waals surface area contributed by atoms with E-state index in [1.807, 2.05) is 26.0 Å². The molecule has 5 N–H and O–H groups in total. The number of ether oxygens (including phenoxy) is 3. The number of aliphatic hydroxyl groups is 2. The van der Waals surface area contributed by atoms with Crippen molar-refractivity contribution >= 4 is 5.91 Å². The topological polar surface area (TPSA) is 123 Å². The number of hydrogen-bond acceptors (Lipinski definition) is 7. The molecule has 1 aromatic carbocycles. The van der Waals surface area contributed by atoms with E-state index in [1.54, 1.807) is 14.2 Å². The molecule has 0 aliphatic heterocycles. The molecular weight excluding hydrogens is 496 g/mol. The second kappa shape index (κ2) is 16.4. The van der Waals surface area contributed by atoms with Gasteiger partial charge < -0.3 is 35.5 Å². The predicted octanol–water partition coefficient (Wildman–Crippen LogP) is 4.09. The number of nitrogens with two attached hydrogens (primary N) is 1. The second-order valence-electron chi connectivity index (χ2n) is 12.1. The summed E-state index contributed by atoms with van der Waals surface area (Å²) in [6, 6.07) is 5.56. The molecule has 0 bridgehead atoms. The molecule has 1 aromatic rings. The standard InChI is InChI=1S/C31H54N2O6/c1-21(2)24(16-23-10-11-28(38-6)29(17-23)39-15-9-14-37-5)18-26(32)27(34)19-25(22(3)4)30(35)33-20-31(36)12-7-8-13-31/h10-11,17,21-22,24-27,34,36H,7-9,12-16,18-20,32H2,1-6H3,(H,33,35)/t24-,25-,26-,27-/m0/s1. The number of amides is 1. The number of methoxy groups -OCH3 is 2. The molecule has 0 aromatic heterocycles. The van der Waals surface area contributed by atoms with Crippen molar-refractivity contribution in [1.82, 2.24) is 5.32 Å². The molecule has 1 saturated carbocycles. The van der Waals surface area contributed by atoms with Crippen LogP contribution in [0.1, 0.15) is 78.2 Å². The van der Waals surface area contributed by atoms with Crippen LogP contribution in [-0.2, 0) is 16.0 Å². The molecule has 0 saturated heterocycles. The minimum atomic E-state index is -0.799. The molecule has 39 heavy (non-hydrogen) atoms. The van der Waals surface area contributed by atoms with Crippen LogP contribution in [0.5, 0.6) is 11.5 Å². The smallest absolute Gasteiger partial charge is 0.223 e. The van der Waals surface area contributed by atoms with Gasteiger partial charge in [-0.15, -0.1) is 0 Å². The Balaban J connectivity index is 1.99. The zero-order chi connectivity index (χ0) is 29.0. The third kappa shape index (κ3) is 10.9. The summed E-state index contributed by atoms with van der Waals surface area (Å²) in [7, 11) is 3.31. The Kier molecular flexibility index (Phi) is 14.0. The van der Waals surface area contributed by atoms with E-state index in [2.05, 4.69) is 25.2 Å². The van der Waals surface area contributed by atoms with Crippen molar-refractivity contribution < 1.29 is 29.2 Å². The van der Waals surface area contributed by atoms with Gasteiger partial charge in [0.2, 0.25) is 5.91 Å². The number of rotatable bonds is 18. The monoisotopic (exact) mass is 550 g/mol. The SMILES string of the molecule is COCCCOc1cc(C[C@@H](C[C@H](N)[C@@H](O)C[C@H](C(=O)NCC2(O)CCCC2)C(C)C)C(C)C)ccc1OC. The summed E-state index contributed by atoms with van der Waals surface area (Å²) in [6.45, 7) is 9.78. The fourth-order valence-electron chi connectivity index (χ4n) is 5.46. The predicted molar refractivity (Wildman–Crippen MR) is 155 cm³/mol. The van der Waals surface area contributed by atoms with Gasteiger partial charge >= 0.3 is 0 Å². The van der Waals surface area contributed by atoms with Gasteiger partial charge in [0.15, 0.2) is 11.5 Å². The Labute approximate surface area is 236 Å². The maximum absolute atomic E-state index is 13.0. The summed E-state index contributed by atoms with van der Waals surface area (Å²) in [5, 5.41) is 24.6. The van der Waals surface area contributed by atoms with Crippen molar-refractivity contribution in [3.63, 3.8) is 0 Å². The molecule has 8 heteroatoms. The fourth-order valence-corrected chi connectivity index (χ4v) is 5.46. The zero-order valence-corrected chi connectivity index (χ0v) is 25.1. The van der Waals surface area contributed by atoms with Gasteiger partial charge in [-0.05, 0) is 67.6 Å². The molecule has 4 atom stereocenters. The van der Waals surface area contributed by atoms with Crippen LogP contribution in [0.15, 0.2) is 18.2 Å². The molecule has 224 valence electrons. The van der Waals surface area contributed by atoms with Crippen LogP contribution in [0.3, 0.4) is 0 Å². The van der Waals surface area contributed by atoms with Gasteiger partial charge in [0, 0.05) is 38.6 Å². The summed E-state index contributed by atoms with van der Waals surface area (Å²) in [6.07, 6.45) is 5.16. The van der Waals surface area contributed by atoms with Crippen molar-refractivity contribution in [2.75, 3.05) is 34.0 Å². The molecule has 1 amide bonds. The van der Waals surface area contributed by atoms with E-state index in [-0.39, 0.29) is 30.2 Å². The van der Waals surface area contributed by atoms with Gasteiger partial charge in [0.1, 0.15) is 0 Å². The van der Waals surface area contributed by atoms with Crippen LogP contribution in [0, 0.1) is 23.7 Å². The summed E-state index contributed by atoms with van der Waals surface area (Å²) < 4.78 is 16.5. The van der Waals surface area contributed by atoms with Gasteiger partial charge in [-0.2, -0.15) is 0 Å². The van der Waals surface area contributed by atoms with Crippen molar-refractivity contribution in [3.8, 4) is 11.5 Å². The molecular formula is C31H54N2O6. The van der Waals surface area contributed by atoms with E-state index >= 15 is 0 Å². The first-order valence-electron chi connectivity index (χ1n) is 14.7. The molecule has 1 fully saturated rings. The molecule has 0 spiro atoms. The minimum absolute atomic E-state index is 0.0487. The first-order chi connectivity index (χ1) is 18.5. The van der Waals surface area contributed by atoms with Crippen molar-refractivity contribution in [2.24, 2.45) is 29.4 Å². The molecule has 0 unspecified atom stereocenters. The van der Waals surface area contributed by atoms with Crippen LogP contribution < -0.4 is 20.5 Å². The molecule has 1 aliphatic rings. The quantitative estimate of drug-likeness (QED) is 0.203. The maximum atomic E-state index is 13.0. The maximum Gasteiger partial charge on any atom is 0.223 e. The van der Waals surface area contributed by atoms with Crippen LogP contribution in [-0.4, -0.2) is 67.8 Å². The Morgan fingerprint density at radius 2 is 1.74 bits per heavy atom. The Hall–Kier alpha value is -1.87. The second-order valence-corrected chi connectivity index (χ2v) is 12.1. The van der Waals surface area contributed by atoms with Crippen molar-refractivity contribution in [1.29, 1.82) is 0 Å². The van der Waals surface area contributed by atoms with E-state index in [1.165, 1.54) is 0 Å². The third-order valence-electron chi connectivity index (χ3n) is 8.25. The number of hydrogen-bond donors (Lipinski definition) is 4. The lowest BCUT2D eigenvalue weighted by Crippen LogP contribution is -2.46. The Morgan fingerprint density at radius 3 is 2.33 bits per heavy atom. The zero-order valence-electron chi connectivity index (χ0n) is 25.1. The molecule has 0 radical (unpaired) electrons. The van der Waals surface area contributed by atoms with Gasteiger partial charge in [0.25, 0.3) is 0 Å². The number of carbonyl (C=O) groups excluding carboxylic acids is 1. The summed E-state index contributed by atoms with van der Waals surface area (Å²) >= 11 is 0. The molecule has 2 rings (SSSR count). The normalized spacial score (nSPS) is 18.1. The van der Waals surface area contributed by atoms with E-state index in [9.17, 15) is 15.0 Å². The lowest BCUT2D eigenvalue weighted by molar-refractivity contribution is -0.129. The van der Waals surface area contributed by atoms with Crippen LogP contribution >= 0.6 is 0 Å². The van der Waals surface area contributed by atoms with E-state index < -0.39 is 17.7 Å². The van der Waals surface area contributed by atoms with Gasteiger partial charge in [-0.1, -0.05) is 46.6 Å². The van der Waals surface area contributed by atoms with Crippen molar-refractivity contribution in [3.05, 3.63) is 23.8 Å². The highest BCUT2D eigenvalue weighted by Gasteiger charge is 2.34. The summed E-state index contributed by atoms with van der Waals surface area (Å²) in [5.74, 6) is 1.57. The molecule has 0 heterocycles. The van der Waals surface area contributed by atoms with Crippen LogP contribution in [0.4, 0.5) is 0 Å². The number of benzene rings is 1. The Morgan fingerprint density at radius 1 is 1.05 bits per heavy atom. The number of nitrogens with one attached hydrogen (secondary N) is 1. The van der Waals surface area contributed by atoms with Gasteiger partial charge in [-0.3, -0.25) is 4.79 Å². The van der Waals surface area contributed by atoms with E-state index in [0.717, 1.165) is 44.1 Å². The minimum Gasteiger partial charge on any atom is -0.493 e.